The van der Waals surface area contributed by atoms with Gasteiger partial charge in [-0.25, -0.2) is 9.59 Å². The second-order valence-electron chi connectivity index (χ2n) is 7.65. The predicted octanol–water partition coefficient (Wildman–Crippen LogP) is 3.40. The number of ether oxygens (including phenoxy) is 1. The largest absolute Gasteiger partial charge is 0.464 e. The van der Waals surface area contributed by atoms with Crippen molar-refractivity contribution in [2.24, 2.45) is 13.0 Å². The average molecular weight is 382 g/mol. The number of aryl methyl sites for hydroxylation is 1. The van der Waals surface area contributed by atoms with Crippen molar-refractivity contribution in [1.29, 1.82) is 0 Å². The van der Waals surface area contributed by atoms with Crippen molar-refractivity contribution < 1.29 is 14.3 Å². The number of urea groups is 1. The lowest BCUT2D eigenvalue weighted by Crippen LogP contribution is -2.41. The maximum Gasteiger partial charge on any atom is 0.356 e. The van der Waals surface area contributed by atoms with Crippen molar-refractivity contribution in [3.05, 3.63) is 47.7 Å². The zero-order valence-corrected chi connectivity index (χ0v) is 16.3. The van der Waals surface area contributed by atoms with Crippen molar-refractivity contribution in [2.45, 2.75) is 37.6 Å². The van der Waals surface area contributed by atoms with E-state index in [1.165, 1.54) is 23.8 Å². The van der Waals surface area contributed by atoms with E-state index in [-0.39, 0.29) is 12.1 Å². The summed E-state index contributed by atoms with van der Waals surface area (Å²) in [5.41, 5.74) is 1.61. The summed E-state index contributed by atoms with van der Waals surface area (Å²) < 4.78 is 6.16. The van der Waals surface area contributed by atoms with Gasteiger partial charge in [0, 0.05) is 31.6 Å². The first-order valence-corrected chi connectivity index (χ1v) is 9.83. The number of anilines is 1. The van der Waals surface area contributed by atoms with Crippen LogP contribution in [0, 0.1) is 5.92 Å². The molecule has 7 heteroatoms. The summed E-state index contributed by atoms with van der Waals surface area (Å²) >= 11 is 0. The van der Waals surface area contributed by atoms with Crippen molar-refractivity contribution >= 4 is 17.8 Å². The van der Waals surface area contributed by atoms with Gasteiger partial charge in [-0.2, -0.15) is 5.10 Å². The van der Waals surface area contributed by atoms with Crippen LogP contribution in [-0.4, -0.2) is 46.4 Å². The summed E-state index contributed by atoms with van der Waals surface area (Å²) in [5.74, 6) is 0.749. The number of amides is 2. The molecule has 1 aromatic carbocycles. The number of carbonyl (C=O) groups is 2. The molecule has 0 bridgehead atoms. The Morgan fingerprint density at radius 3 is 2.68 bits per heavy atom. The van der Waals surface area contributed by atoms with Gasteiger partial charge in [-0.1, -0.05) is 43.2 Å². The fourth-order valence-corrected chi connectivity index (χ4v) is 4.77. The average Bonchev–Trinajstić information content (AvgIpc) is 3.28. The molecule has 3 atom stereocenters. The number of fused-ring (bicyclic) bond motifs is 1. The number of nitrogens with zero attached hydrogens (tertiary/aromatic N) is 3. The minimum Gasteiger partial charge on any atom is -0.464 e. The normalized spacial score (nSPS) is 23.9. The number of hydrogen-bond donors (Lipinski definition) is 1. The molecule has 2 aromatic rings. The molecule has 148 valence electrons. The third-order valence-electron chi connectivity index (χ3n) is 6.09. The summed E-state index contributed by atoms with van der Waals surface area (Å²) in [6, 6.07) is 12.1. The fourth-order valence-electron chi connectivity index (χ4n) is 4.77. The van der Waals surface area contributed by atoms with E-state index in [2.05, 4.69) is 34.7 Å². The standard InChI is InChI=1S/C21H26N4O3/c1-24-18(20(26)28-2)12-19(23-24)22-21(27)25-13-16(14-8-4-3-5-9-14)15-10-6-7-11-17(15)25/h3-5,8-9,12,15-17H,6-7,10-11,13H2,1-2H3,(H,22,23,27). The lowest BCUT2D eigenvalue weighted by atomic mass is 9.77. The van der Waals surface area contributed by atoms with Crippen LogP contribution in [0.1, 0.15) is 47.7 Å². The molecule has 28 heavy (non-hydrogen) atoms. The molecule has 2 fully saturated rings. The van der Waals surface area contributed by atoms with Gasteiger partial charge in [-0.05, 0) is 24.3 Å². The van der Waals surface area contributed by atoms with Gasteiger partial charge in [0.15, 0.2) is 5.82 Å². The maximum absolute atomic E-state index is 13.1. The molecule has 0 spiro atoms. The van der Waals surface area contributed by atoms with Gasteiger partial charge >= 0.3 is 12.0 Å². The van der Waals surface area contributed by atoms with Gasteiger partial charge in [-0.3, -0.25) is 10.00 Å². The molecule has 0 radical (unpaired) electrons. The monoisotopic (exact) mass is 382 g/mol. The zero-order chi connectivity index (χ0) is 19.7. The first kappa shape index (κ1) is 18.5. The number of esters is 1. The second kappa shape index (κ2) is 7.66. The quantitative estimate of drug-likeness (QED) is 0.826. The highest BCUT2D eigenvalue weighted by molar-refractivity contribution is 5.92. The Kier molecular flexibility index (Phi) is 5.07. The Hall–Kier alpha value is -2.83. The number of nitrogens with one attached hydrogen (secondary N) is 1. The van der Waals surface area contributed by atoms with Crippen LogP contribution in [0.15, 0.2) is 36.4 Å². The Bertz CT molecular complexity index is 864. The molecule has 1 aromatic heterocycles. The van der Waals surface area contributed by atoms with Crippen molar-refractivity contribution in [3.63, 3.8) is 0 Å². The highest BCUT2D eigenvalue weighted by atomic mass is 16.5. The number of rotatable bonds is 3. The van der Waals surface area contributed by atoms with Gasteiger partial charge in [0.05, 0.1) is 7.11 Å². The van der Waals surface area contributed by atoms with E-state index in [0.717, 1.165) is 19.3 Å². The number of benzene rings is 1. The van der Waals surface area contributed by atoms with Gasteiger partial charge < -0.3 is 9.64 Å². The first-order chi connectivity index (χ1) is 13.6. The molecule has 2 aliphatic rings. The topological polar surface area (TPSA) is 76.5 Å². The number of likely N-dealkylation sites (tertiary alicyclic amines) is 1. The Morgan fingerprint density at radius 2 is 1.93 bits per heavy atom. The van der Waals surface area contributed by atoms with Crippen LogP contribution in [0.2, 0.25) is 0 Å². The van der Waals surface area contributed by atoms with Crippen LogP contribution in [0.25, 0.3) is 0 Å². The SMILES string of the molecule is COC(=O)c1cc(NC(=O)N2CC(c3ccccc3)C3CCCCC32)nn1C. The lowest BCUT2D eigenvalue weighted by Gasteiger charge is -2.32. The van der Waals surface area contributed by atoms with Crippen LogP contribution >= 0.6 is 0 Å². The summed E-state index contributed by atoms with van der Waals surface area (Å²) in [6.45, 7) is 0.710. The molecule has 1 aliphatic heterocycles. The van der Waals surface area contributed by atoms with Gasteiger partial charge in [0.2, 0.25) is 0 Å². The molecule has 1 saturated carbocycles. The van der Waals surface area contributed by atoms with E-state index in [9.17, 15) is 9.59 Å². The third kappa shape index (κ3) is 3.37. The van der Waals surface area contributed by atoms with Crippen molar-refractivity contribution in [1.82, 2.24) is 14.7 Å². The van der Waals surface area contributed by atoms with Crippen molar-refractivity contribution in [3.8, 4) is 0 Å². The smallest absolute Gasteiger partial charge is 0.356 e. The minimum absolute atomic E-state index is 0.148. The van der Waals surface area contributed by atoms with Crippen LogP contribution in [-0.2, 0) is 11.8 Å². The zero-order valence-electron chi connectivity index (χ0n) is 16.3. The molecule has 3 unspecified atom stereocenters. The molecule has 7 nitrogen and oxygen atoms in total. The number of methoxy groups -OCH3 is 1. The van der Waals surface area contributed by atoms with E-state index >= 15 is 0 Å². The Balaban J connectivity index is 1.53. The molecular formula is C21H26N4O3. The van der Waals surface area contributed by atoms with Crippen LogP contribution < -0.4 is 5.32 Å². The highest BCUT2D eigenvalue weighted by Crippen LogP contribution is 2.44. The van der Waals surface area contributed by atoms with Crippen LogP contribution in [0.3, 0.4) is 0 Å². The summed E-state index contributed by atoms with van der Waals surface area (Å²) in [4.78, 5) is 26.8. The summed E-state index contributed by atoms with van der Waals surface area (Å²) in [7, 11) is 2.98. The van der Waals surface area contributed by atoms with E-state index in [4.69, 9.17) is 4.74 Å². The van der Waals surface area contributed by atoms with E-state index in [1.54, 1.807) is 13.1 Å². The lowest BCUT2D eigenvalue weighted by molar-refractivity contribution is 0.0588. The van der Waals surface area contributed by atoms with Crippen LogP contribution in [0.4, 0.5) is 10.6 Å². The molecule has 4 rings (SSSR count). The number of hydrogen-bond acceptors (Lipinski definition) is 4. The molecule has 1 N–H and O–H groups in total. The minimum atomic E-state index is -0.479. The molecule has 1 saturated heterocycles. The van der Waals surface area contributed by atoms with Crippen LogP contribution in [0.5, 0.6) is 0 Å². The summed E-state index contributed by atoms with van der Waals surface area (Å²) in [6.07, 6.45) is 4.58. The van der Waals surface area contributed by atoms with Gasteiger partial charge in [0.1, 0.15) is 5.69 Å². The van der Waals surface area contributed by atoms with E-state index in [1.807, 2.05) is 11.0 Å². The number of aromatic nitrogens is 2. The molecule has 1 aliphatic carbocycles. The number of carbonyl (C=O) groups excluding carboxylic acids is 2. The Labute approximate surface area is 164 Å². The summed E-state index contributed by atoms with van der Waals surface area (Å²) in [5, 5.41) is 7.11. The van der Waals surface area contributed by atoms with Crippen molar-refractivity contribution in [2.75, 3.05) is 19.0 Å². The second-order valence-corrected chi connectivity index (χ2v) is 7.65. The third-order valence-corrected chi connectivity index (χ3v) is 6.09. The fraction of sp³-hybridized carbons (Fsp3) is 0.476. The van der Waals surface area contributed by atoms with E-state index in [0.29, 0.717) is 29.9 Å². The molecule has 2 heterocycles. The molecule has 2 amide bonds. The Morgan fingerprint density at radius 1 is 1.18 bits per heavy atom. The highest BCUT2D eigenvalue weighted by Gasteiger charge is 2.45. The van der Waals surface area contributed by atoms with Gasteiger partial charge in [0.25, 0.3) is 0 Å². The van der Waals surface area contributed by atoms with Gasteiger partial charge in [-0.15, -0.1) is 0 Å². The van der Waals surface area contributed by atoms with E-state index < -0.39 is 5.97 Å². The first-order valence-electron chi connectivity index (χ1n) is 9.83. The molecular weight excluding hydrogens is 356 g/mol. The predicted molar refractivity (Wildman–Crippen MR) is 105 cm³/mol. The maximum atomic E-state index is 13.1.